The van der Waals surface area contributed by atoms with E-state index in [1.165, 1.54) is 22.6 Å². The molecule has 0 amide bonds. The number of alkyl halides is 3. The highest BCUT2D eigenvalue weighted by atomic mass is 127. The molecule has 0 aliphatic carbocycles. The molecule has 0 fully saturated rings. The number of rotatable bonds is 5. The molecule has 0 radical (unpaired) electrons. The van der Waals surface area contributed by atoms with Crippen molar-refractivity contribution in [1.82, 2.24) is 0 Å². The third-order valence-electron chi connectivity index (χ3n) is 1.46. The summed E-state index contributed by atoms with van der Waals surface area (Å²) in [5.74, 6) is -6.07. The quantitative estimate of drug-likeness (QED) is 0.434. The average Bonchev–Trinajstić information content (AvgIpc) is 2.16. The SMILES string of the molecule is CCOC(=O)C(I)CC(F)(F)C(=O)OC. The smallest absolute Gasteiger partial charge is 0.376 e. The van der Waals surface area contributed by atoms with Crippen molar-refractivity contribution in [3.63, 3.8) is 0 Å². The fraction of sp³-hybridized carbons (Fsp3) is 0.750. The highest BCUT2D eigenvalue weighted by Gasteiger charge is 2.43. The minimum Gasteiger partial charge on any atom is -0.465 e. The van der Waals surface area contributed by atoms with Gasteiger partial charge in [0.1, 0.15) is 3.92 Å². The number of hydrogen-bond acceptors (Lipinski definition) is 4. The lowest BCUT2D eigenvalue weighted by Gasteiger charge is -2.16. The fourth-order valence-electron chi connectivity index (χ4n) is 0.774. The predicted molar refractivity (Wildman–Crippen MR) is 56.0 cm³/mol. The maximum Gasteiger partial charge on any atom is 0.376 e. The first-order chi connectivity index (χ1) is 6.85. The molecule has 0 heterocycles. The molecule has 0 spiro atoms. The Labute approximate surface area is 99.4 Å². The molecule has 0 aliphatic rings. The van der Waals surface area contributed by atoms with Gasteiger partial charge in [-0.15, -0.1) is 0 Å². The lowest BCUT2D eigenvalue weighted by Crippen LogP contribution is -2.35. The van der Waals surface area contributed by atoms with Crippen LogP contribution in [0.5, 0.6) is 0 Å². The van der Waals surface area contributed by atoms with Crippen LogP contribution < -0.4 is 0 Å². The second kappa shape index (κ2) is 6.19. The van der Waals surface area contributed by atoms with Crippen LogP contribution in [0.1, 0.15) is 13.3 Å². The minimum absolute atomic E-state index is 0.113. The first-order valence-electron chi connectivity index (χ1n) is 4.12. The maximum absolute atomic E-state index is 13.0. The number of esters is 2. The van der Waals surface area contributed by atoms with E-state index in [1.807, 2.05) is 0 Å². The number of halogens is 3. The predicted octanol–water partition coefficient (Wildman–Crippen LogP) is 1.55. The van der Waals surface area contributed by atoms with Gasteiger partial charge in [0.25, 0.3) is 0 Å². The first-order valence-corrected chi connectivity index (χ1v) is 5.36. The highest BCUT2D eigenvalue weighted by Crippen LogP contribution is 2.26. The van der Waals surface area contributed by atoms with E-state index in [2.05, 4.69) is 9.47 Å². The number of hydrogen-bond donors (Lipinski definition) is 0. The van der Waals surface area contributed by atoms with Gasteiger partial charge in [0, 0.05) is 6.42 Å². The Morgan fingerprint density at radius 1 is 1.47 bits per heavy atom. The molecular weight excluding hydrogens is 325 g/mol. The van der Waals surface area contributed by atoms with Crippen LogP contribution >= 0.6 is 22.6 Å². The van der Waals surface area contributed by atoms with Crippen molar-refractivity contribution in [3.05, 3.63) is 0 Å². The summed E-state index contributed by atoms with van der Waals surface area (Å²) in [7, 11) is 0.864. The van der Waals surface area contributed by atoms with Crippen molar-refractivity contribution >= 4 is 34.5 Å². The summed E-state index contributed by atoms with van der Waals surface area (Å²) in [6.07, 6.45) is -0.918. The number of carbonyl (C=O) groups excluding carboxylic acids is 2. The molecule has 1 atom stereocenters. The van der Waals surface area contributed by atoms with Crippen molar-refractivity contribution in [2.75, 3.05) is 13.7 Å². The lowest BCUT2D eigenvalue weighted by atomic mass is 10.2. The van der Waals surface area contributed by atoms with Crippen LogP contribution in [0.2, 0.25) is 0 Å². The molecular formula is C8H11F2IO4. The van der Waals surface area contributed by atoms with E-state index < -0.39 is 28.2 Å². The third kappa shape index (κ3) is 4.72. The van der Waals surface area contributed by atoms with E-state index in [-0.39, 0.29) is 6.61 Å². The number of methoxy groups -OCH3 is 1. The Hall–Kier alpha value is -0.470. The molecule has 88 valence electrons. The Kier molecular flexibility index (Phi) is 5.99. The van der Waals surface area contributed by atoms with Crippen molar-refractivity contribution < 1.29 is 27.8 Å². The van der Waals surface area contributed by atoms with Gasteiger partial charge in [-0.2, -0.15) is 8.78 Å². The van der Waals surface area contributed by atoms with E-state index in [0.29, 0.717) is 0 Å². The van der Waals surface area contributed by atoms with Gasteiger partial charge in [-0.3, -0.25) is 4.79 Å². The van der Waals surface area contributed by atoms with Gasteiger partial charge in [0.15, 0.2) is 0 Å². The number of carbonyl (C=O) groups is 2. The summed E-state index contributed by atoms with van der Waals surface area (Å²) < 4.78 is 33.3. The van der Waals surface area contributed by atoms with Gasteiger partial charge >= 0.3 is 17.9 Å². The molecule has 0 N–H and O–H groups in total. The summed E-state index contributed by atoms with van der Waals surface area (Å²) in [6, 6.07) is 0. The molecule has 0 aromatic carbocycles. The largest absolute Gasteiger partial charge is 0.465 e. The molecule has 0 aromatic rings. The lowest BCUT2D eigenvalue weighted by molar-refractivity contribution is -0.170. The van der Waals surface area contributed by atoms with E-state index >= 15 is 0 Å². The van der Waals surface area contributed by atoms with Crippen molar-refractivity contribution in [1.29, 1.82) is 0 Å². The van der Waals surface area contributed by atoms with Crippen LogP contribution in [0, 0.1) is 0 Å². The monoisotopic (exact) mass is 336 g/mol. The normalized spacial score (nSPS) is 13.1. The zero-order chi connectivity index (χ0) is 12.1. The van der Waals surface area contributed by atoms with Crippen LogP contribution in [0.4, 0.5) is 8.78 Å². The molecule has 0 saturated carbocycles. The molecule has 7 heteroatoms. The Bertz CT molecular complexity index is 245. The first kappa shape index (κ1) is 14.5. The molecule has 0 aliphatic heterocycles. The van der Waals surface area contributed by atoms with E-state index in [4.69, 9.17) is 0 Å². The summed E-state index contributed by atoms with van der Waals surface area (Å²) in [5.41, 5.74) is 0. The topological polar surface area (TPSA) is 52.6 Å². The molecule has 0 aromatic heterocycles. The van der Waals surface area contributed by atoms with Gasteiger partial charge in [0.2, 0.25) is 0 Å². The van der Waals surface area contributed by atoms with Gasteiger partial charge in [-0.1, -0.05) is 22.6 Å². The second-order valence-electron chi connectivity index (χ2n) is 2.62. The van der Waals surface area contributed by atoms with Gasteiger partial charge in [-0.25, -0.2) is 4.79 Å². The van der Waals surface area contributed by atoms with E-state index in [1.54, 1.807) is 6.92 Å². The van der Waals surface area contributed by atoms with Crippen LogP contribution in [0.3, 0.4) is 0 Å². The van der Waals surface area contributed by atoms with Crippen molar-refractivity contribution in [2.45, 2.75) is 23.2 Å². The van der Waals surface area contributed by atoms with Crippen LogP contribution in [-0.4, -0.2) is 35.5 Å². The molecule has 15 heavy (non-hydrogen) atoms. The summed E-state index contributed by atoms with van der Waals surface area (Å²) in [6.45, 7) is 1.68. The van der Waals surface area contributed by atoms with Gasteiger partial charge < -0.3 is 9.47 Å². The molecule has 0 saturated heterocycles. The Balaban J connectivity index is 4.32. The van der Waals surface area contributed by atoms with Gasteiger partial charge in [0.05, 0.1) is 13.7 Å². The molecule has 4 nitrogen and oxygen atoms in total. The molecule has 1 unspecified atom stereocenters. The van der Waals surface area contributed by atoms with Crippen molar-refractivity contribution in [3.8, 4) is 0 Å². The van der Waals surface area contributed by atoms with Crippen molar-refractivity contribution in [2.24, 2.45) is 0 Å². The summed E-state index contributed by atoms with van der Waals surface area (Å²) in [4.78, 5) is 21.6. The summed E-state index contributed by atoms with van der Waals surface area (Å²) >= 11 is 1.50. The number of ether oxygens (including phenoxy) is 2. The second-order valence-corrected chi connectivity index (χ2v) is 4.12. The standard InChI is InChI=1S/C8H11F2IO4/c1-3-15-6(12)5(11)4-8(9,10)7(13)14-2/h5H,3-4H2,1-2H3. The van der Waals surface area contributed by atoms with E-state index in [0.717, 1.165) is 7.11 Å². The minimum atomic E-state index is -3.66. The zero-order valence-electron chi connectivity index (χ0n) is 8.26. The summed E-state index contributed by atoms with van der Waals surface area (Å²) in [5, 5.41) is 0. The zero-order valence-corrected chi connectivity index (χ0v) is 10.4. The highest BCUT2D eigenvalue weighted by molar-refractivity contribution is 14.1. The van der Waals surface area contributed by atoms with Gasteiger partial charge in [-0.05, 0) is 6.92 Å². The average molecular weight is 336 g/mol. The molecule has 0 rings (SSSR count). The Morgan fingerprint density at radius 2 is 2.00 bits per heavy atom. The fourth-order valence-corrected chi connectivity index (χ4v) is 1.51. The molecule has 0 bridgehead atoms. The van der Waals surface area contributed by atoms with Crippen LogP contribution in [-0.2, 0) is 19.1 Å². The van der Waals surface area contributed by atoms with Crippen LogP contribution in [0.25, 0.3) is 0 Å². The third-order valence-corrected chi connectivity index (χ3v) is 2.41. The Morgan fingerprint density at radius 3 is 2.40 bits per heavy atom. The maximum atomic E-state index is 13.0. The van der Waals surface area contributed by atoms with E-state index in [9.17, 15) is 18.4 Å². The van der Waals surface area contributed by atoms with Crippen LogP contribution in [0.15, 0.2) is 0 Å².